The van der Waals surface area contributed by atoms with Gasteiger partial charge in [0, 0.05) is 23.4 Å². The maximum Gasteiger partial charge on any atom is 0.101 e. The fourth-order valence-electron chi connectivity index (χ4n) is 2.04. The number of alkyl halides is 1. The SMILES string of the molecule is CN(Cc1ccc(Br)cc1)c1ccc(CBr)cc1C#N. The molecule has 0 aromatic heterocycles. The van der Waals surface area contributed by atoms with E-state index in [4.69, 9.17) is 0 Å². The summed E-state index contributed by atoms with van der Waals surface area (Å²) >= 11 is 6.85. The van der Waals surface area contributed by atoms with Crippen molar-refractivity contribution in [2.45, 2.75) is 11.9 Å². The lowest BCUT2D eigenvalue weighted by molar-refractivity contribution is 0.920. The van der Waals surface area contributed by atoms with Crippen molar-refractivity contribution in [3.8, 4) is 6.07 Å². The Kier molecular flexibility index (Phi) is 5.22. The van der Waals surface area contributed by atoms with Crippen molar-refractivity contribution >= 4 is 37.5 Å². The largest absolute Gasteiger partial charge is 0.369 e. The van der Waals surface area contributed by atoms with Gasteiger partial charge in [-0.1, -0.05) is 50.1 Å². The van der Waals surface area contributed by atoms with Gasteiger partial charge in [-0.2, -0.15) is 5.26 Å². The van der Waals surface area contributed by atoms with Crippen LogP contribution < -0.4 is 4.90 Å². The van der Waals surface area contributed by atoms with Crippen LogP contribution >= 0.6 is 31.9 Å². The summed E-state index contributed by atoms with van der Waals surface area (Å²) in [5.74, 6) is 0. The van der Waals surface area contributed by atoms with Crippen LogP contribution in [0.3, 0.4) is 0 Å². The number of nitriles is 1. The molecule has 0 bridgehead atoms. The molecule has 0 saturated carbocycles. The topological polar surface area (TPSA) is 27.0 Å². The molecular formula is C16H14Br2N2. The molecule has 0 atom stereocenters. The van der Waals surface area contributed by atoms with Crippen molar-refractivity contribution < 1.29 is 0 Å². The first-order chi connectivity index (χ1) is 9.63. The highest BCUT2D eigenvalue weighted by Crippen LogP contribution is 2.23. The highest BCUT2D eigenvalue weighted by molar-refractivity contribution is 9.10. The van der Waals surface area contributed by atoms with Gasteiger partial charge in [-0.15, -0.1) is 0 Å². The van der Waals surface area contributed by atoms with Gasteiger partial charge >= 0.3 is 0 Å². The third-order valence-electron chi connectivity index (χ3n) is 3.08. The monoisotopic (exact) mass is 392 g/mol. The van der Waals surface area contributed by atoms with Gasteiger partial charge < -0.3 is 4.90 Å². The quantitative estimate of drug-likeness (QED) is 0.694. The molecule has 0 fully saturated rings. The molecular weight excluding hydrogens is 380 g/mol. The summed E-state index contributed by atoms with van der Waals surface area (Å²) < 4.78 is 1.07. The van der Waals surface area contributed by atoms with E-state index in [1.807, 2.05) is 37.4 Å². The lowest BCUT2D eigenvalue weighted by atomic mass is 10.1. The molecule has 2 aromatic carbocycles. The third-order valence-corrected chi connectivity index (χ3v) is 4.26. The molecule has 20 heavy (non-hydrogen) atoms. The van der Waals surface area contributed by atoms with Crippen LogP contribution in [0.1, 0.15) is 16.7 Å². The molecule has 0 radical (unpaired) electrons. The third kappa shape index (κ3) is 3.62. The molecule has 0 amide bonds. The van der Waals surface area contributed by atoms with Crippen molar-refractivity contribution in [3.05, 3.63) is 63.6 Å². The second kappa shape index (κ2) is 6.92. The zero-order valence-electron chi connectivity index (χ0n) is 11.1. The van der Waals surface area contributed by atoms with E-state index in [1.54, 1.807) is 0 Å². The van der Waals surface area contributed by atoms with Crippen LogP contribution in [-0.4, -0.2) is 7.05 Å². The lowest BCUT2D eigenvalue weighted by Crippen LogP contribution is -2.17. The van der Waals surface area contributed by atoms with Crippen LogP contribution in [0.15, 0.2) is 46.9 Å². The minimum Gasteiger partial charge on any atom is -0.369 e. The second-order valence-electron chi connectivity index (χ2n) is 4.58. The molecule has 102 valence electrons. The molecule has 4 heteroatoms. The fraction of sp³-hybridized carbons (Fsp3) is 0.188. The molecule has 0 aliphatic carbocycles. The summed E-state index contributed by atoms with van der Waals surface area (Å²) in [6, 6.07) is 16.5. The first kappa shape index (κ1) is 15.1. The number of anilines is 1. The Bertz CT molecular complexity index is 630. The molecule has 2 rings (SSSR count). The number of benzene rings is 2. The first-order valence-electron chi connectivity index (χ1n) is 6.18. The zero-order valence-corrected chi connectivity index (χ0v) is 14.3. The number of hydrogen-bond donors (Lipinski definition) is 0. The first-order valence-corrected chi connectivity index (χ1v) is 8.10. The highest BCUT2D eigenvalue weighted by atomic mass is 79.9. The van der Waals surface area contributed by atoms with Gasteiger partial charge in [-0.05, 0) is 35.4 Å². The van der Waals surface area contributed by atoms with E-state index in [1.165, 1.54) is 5.56 Å². The summed E-state index contributed by atoms with van der Waals surface area (Å²) in [6.45, 7) is 0.773. The zero-order chi connectivity index (χ0) is 14.5. The molecule has 0 aliphatic rings. The molecule has 0 heterocycles. The molecule has 2 aromatic rings. The van der Waals surface area contributed by atoms with Gasteiger partial charge in [0.25, 0.3) is 0 Å². The summed E-state index contributed by atoms with van der Waals surface area (Å²) in [5.41, 5.74) is 3.99. The Morgan fingerprint density at radius 1 is 1.10 bits per heavy atom. The predicted molar refractivity (Wildman–Crippen MR) is 90.0 cm³/mol. The number of hydrogen-bond acceptors (Lipinski definition) is 2. The van der Waals surface area contributed by atoms with Crippen LogP contribution in [0.2, 0.25) is 0 Å². The Morgan fingerprint density at radius 2 is 1.75 bits per heavy atom. The van der Waals surface area contributed by atoms with E-state index in [-0.39, 0.29) is 0 Å². The van der Waals surface area contributed by atoms with Crippen LogP contribution in [0.5, 0.6) is 0 Å². The number of rotatable bonds is 4. The van der Waals surface area contributed by atoms with Crippen LogP contribution in [-0.2, 0) is 11.9 Å². The average molecular weight is 394 g/mol. The van der Waals surface area contributed by atoms with Crippen LogP contribution in [0.25, 0.3) is 0 Å². The van der Waals surface area contributed by atoms with Gasteiger partial charge in [-0.3, -0.25) is 0 Å². The molecule has 0 aliphatic heterocycles. The summed E-state index contributed by atoms with van der Waals surface area (Å²) in [5, 5.41) is 10.1. The summed E-state index contributed by atoms with van der Waals surface area (Å²) in [6.07, 6.45) is 0. The van der Waals surface area contributed by atoms with E-state index in [9.17, 15) is 5.26 Å². The Balaban J connectivity index is 2.22. The van der Waals surface area contributed by atoms with Crippen LogP contribution in [0.4, 0.5) is 5.69 Å². The van der Waals surface area contributed by atoms with Crippen molar-refractivity contribution in [1.82, 2.24) is 0 Å². The Morgan fingerprint density at radius 3 is 2.35 bits per heavy atom. The fourth-order valence-corrected chi connectivity index (χ4v) is 2.65. The van der Waals surface area contributed by atoms with Crippen molar-refractivity contribution in [3.63, 3.8) is 0 Å². The predicted octanol–water partition coefficient (Wildman–Crippen LogP) is 4.85. The molecule has 2 nitrogen and oxygen atoms in total. The van der Waals surface area contributed by atoms with Gasteiger partial charge in [0.1, 0.15) is 6.07 Å². The molecule has 0 saturated heterocycles. The van der Waals surface area contributed by atoms with Gasteiger partial charge in [0.15, 0.2) is 0 Å². The van der Waals surface area contributed by atoms with E-state index < -0.39 is 0 Å². The summed E-state index contributed by atoms with van der Waals surface area (Å²) in [7, 11) is 2.01. The average Bonchev–Trinajstić information content (AvgIpc) is 2.48. The standard InChI is InChI=1S/C16H14Br2N2/c1-20(11-12-2-5-15(18)6-3-12)16-7-4-13(9-17)8-14(16)10-19/h2-8H,9,11H2,1H3. The van der Waals surface area contributed by atoms with Gasteiger partial charge in [-0.25, -0.2) is 0 Å². The van der Waals surface area contributed by atoms with E-state index in [0.717, 1.165) is 27.6 Å². The Labute approximate surface area is 136 Å². The minimum atomic E-state index is 0.710. The van der Waals surface area contributed by atoms with E-state index >= 15 is 0 Å². The maximum absolute atomic E-state index is 9.29. The number of nitrogens with zero attached hydrogens (tertiary/aromatic N) is 2. The summed E-state index contributed by atoms with van der Waals surface area (Å²) in [4.78, 5) is 2.10. The molecule has 0 spiro atoms. The smallest absolute Gasteiger partial charge is 0.101 e. The second-order valence-corrected chi connectivity index (χ2v) is 6.06. The Hall–Kier alpha value is -1.31. The van der Waals surface area contributed by atoms with Crippen molar-refractivity contribution in [1.29, 1.82) is 5.26 Å². The lowest BCUT2D eigenvalue weighted by Gasteiger charge is -2.21. The van der Waals surface area contributed by atoms with E-state index in [0.29, 0.717) is 5.56 Å². The van der Waals surface area contributed by atoms with Gasteiger partial charge in [0.2, 0.25) is 0 Å². The van der Waals surface area contributed by atoms with Gasteiger partial charge in [0.05, 0.1) is 11.3 Å². The van der Waals surface area contributed by atoms with E-state index in [2.05, 4.69) is 55.0 Å². The maximum atomic E-state index is 9.29. The molecule has 0 N–H and O–H groups in total. The molecule has 0 unspecified atom stereocenters. The van der Waals surface area contributed by atoms with Crippen molar-refractivity contribution in [2.24, 2.45) is 0 Å². The highest BCUT2D eigenvalue weighted by Gasteiger charge is 2.08. The minimum absolute atomic E-state index is 0.710. The normalized spacial score (nSPS) is 10.1. The number of halogens is 2. The van der Waals surface area contributed by atoms with Crippen molar-refractivity contribution in [2.75, 3.05) is 11.9 Å². The van der Waals surface area contributed by atoms with Crippen LogP contribution in [0, 0.1) is 11.3 Å².